The van der Waals surface area contributed by atoms with Crippen molar-refractivity contribution in [3.63, 3.8) is 0 Å². The smallest absolute Gasteiger partial charge is 0.188 e. The first-order valence-corrected chi connectivity index (χ1v) is 11.8. The minimum Gasteiger partial charge on any atom is -0.389 e. The van der Waals surface area contributed by atoms with Crippen LogP contribution in [0.5, 0.6) is 0 Å². The number of nitrogen functional groups attached to an aromatic ring is 1. The number of aryl methyl sites for hydroxylation is 1. The first-order chi connectivity index (χ1) is 16.1. The summed E-state index contributed by atoms with van der Waals surface area (Å²) in [5.74, 6) is -1.05. The van der Waals surface area contributed by atoms with Crippen molar-refractivity contribution in [1.29, 1.82) is 0 Å². The summed E-state index contributed by atoms with van der Waals surface area (Å²) in [6.45, 7) is 3.39. The van der Waals surface area contributed by atoms with E-state index in [9.17, 15) is 13.6 Å². The van der Waals surface area contributed by atoms with Gasteiger partial charge in [-0.15, -0.1) is 0 Å². The quantitative estimate of drug-likeness (QED) is 0.511. The zero-order chi connectivity index (χ0) is 24.6. The molecule has 3 heterocycles. The van der Waals surface area contributed by atoms with Crippen LogP contribution in [-0.4, -0.2) is 52.4 Å². The van der Waals surface area contributed by atoms with Crippen molar-refractivity contribution in [3.8, 4) is 10.6 Å². The Morgan fingerprint density at radius 2 is 2.03 bits per heavy atom. The van der Waals surface area contributed by atoms with E-state index >= 15 is 0 Å². The largest absolute Gasteiger partial charge is 0.389 e. The molecule has 0 radical (unpaired) electrons. The lowest BCUT2D eigenvalue weighted by Crippen LogP contribution is -2.46. The molecule has 4 rings (SSSR count). The van der Waals surface area contributed by atoms with E-state index < -0.39 is 17.2 Å². The van der Waals surface area contributed by atoms with Crippen LogP contribution in [0.2, 0.25) is 0 Å². The van der Waals surface area contributed by atoms with Crippen molar-refractivity contribution in [3.05, 3.63) is 47.3 Å². The summed E-state index contributed by atoms with van der Waals surface area (Å²) in [5.41, 5.74) is 12.4. The Balaban J connectivity index is 1.59. The van der Waals surface area contributed by atoms with E-state index in [0.717, 1.165) is 42.1 Å². The molecule has 34 heavy (non-hydrogen) atoms. The predicted molar refractivity (Wildman–Crippen MR) is 128 cm³/mol. The van der Waals surface area contributed by atoms with Crippen LogP contribution in [0.15, 0.2) is 24.4 Å². The van der Waals surface area contributed by atoms with Crippen LogP contribution in [0.25, 0.3) is 10.6 Å². The Bertz CT molecular complexity index is 1190. The molecule has 1 aliphatic rings. The number of Topliss-reactive ketones (excluding diaryl/α,β-unsaturated/α-hetero) is 1. The molecule has 8 nitrogen and oxygen atoms in total. The number of rotatable bonds is 6. The van der Waals surface area contributed by atoms with Gasteiger partial charge in [0.25, 0.3) is 0 Å². The molecule has 0 aliphatic carbocycles. The molecule has 0 saturated carbocycles. The predicted octanol–water partition coefficient (Wildman–Crippen LogP) is 3.16. The van der Waals surface area contributed by atoms with Gasteiger partial charge < -0.3 is 21.1 Å². The van der Waals surface area contributed by atoms with E-state index in [-0.39, 0.29) is 39.5 Å². The van der Waals surface area contributed by atoms with E-state index in [1.807, 2.05) is 14.0 Å². The number of ketones is 1. The second kappa shape index (κ2) is 9.40. The van der Waals surface area contributed by atoms with Crippen molar-refractivity contribution < 1.29 is 18.3 Å². The second-order valence-electron chi connectivity index (χ2n) is 8.69. The first-order valence-electron chi connectivity index (χ1n) is 10.9. The lowest BCUT2D eigenvalue weighted by atomic mass is 9.92. The molecule has 3 aromatic rings. The summed E-state index contributed by atoms with van der Waals surface area (Å²) in [7, 11) is 3.49. The normalized spacial score (nSPS) is 21.0. The number of halogens is 2. The average Bonchev–Trinajstić information content (AvgIpc) is 3.31. The number of nitrogens with zero attached hydrogens (tertiary/aromatic N) is 4. The van der Waals surface area contributed by atoms with Crippen LogP contribution in [0.1, 0.15) is 35.8 Å². The van der Waals surface area contributed by atoms with Gasteiger partial charge in [-0.3, -0.25) is 9.48 Å². The molecule has 0 amide bonds. The van der Waals surface area contributed by atoms with Crippen molar-refractivity contribution in [1.82, 2.24) is 14.8 Å². The third-order valence-corrected chi connectivity index (χ3v) is 7.47. The molecular weight excluding hydrogens is 462 g/mol. The van der Waals surface area contributed by atoms with Gasteiger partial charge in [-0.25, -0.2) is 13.8 Å². The molecule has 1 aromatic carbocycles. The van der Waals surface area contributed by atoms with Gasteiger partial charge in [0.2, 0.25) is 0 Å². The Morgan fingerprint density at radius 3 is 2.71 bits per heavy atom. The fourth-order valence-corrected chi connectivity index (χ4v) is 5.22. The van der Waals surface area contributed by atoms with Crippen molar-refractivity contribution in [2.45, 2.75) is 37.8 Å². The molecule has 2 unspecified atom stereocenters. The van der Waals surface area contributed by atoms with Crippen LogP contribution in [0.4, 0.5) is 19.6 Å². The maximum absolute atomic E-state index is 14.2. The Labute approximate surface area is 200 Å². The van der Waals surface area contributed by atoms with Crippen LogP contribution in [-0.2, 0) is 18.2 Å². The van der Waals surface area contributed by atoms with E-state index in [2.05, 4.69) is 15.0 Å². The summed E-state index contributed by atoms with van der Waals surface area (Å²) in [6, 6.07) is 3.43. The SMILES string of the molecule is COC1(C)CCN(c2c(CC(=O)c3nc(-c4c(F)cccc4F)sc3N)cnn2C)CCC1N. The Morgan fingerprint density at radius 1 is 1.32 bits per heavy atom. The van der Waals surface area contributed by atoms with Gasteiger partial charge in [-0.05, 0) is 31.9 Å². The van der Waals surface area contributed by atoms with Crippen LogP contribution in [0.3, 0.4) is 0 Å². The molecule has 2 atom stereocenters. The number of carbonyl (C=O) groups excluding carboxylic acids is 1. The van der Waals surface area contributed by atoms with Gasteiger partial charge in [-0.1, -0.05) is 17.4 Å². The third-order valence-electron chi connectivity index (χ3n) is 6.56. The number of ether oxygens (including phenoxy) is 1. The first kappa shape index (κ1) is 24.2. The molecule has 1 fully saturated rings. The highest BCUT2D eigenvalue weighted by atomic mass is 32.1. The molecular formula is C23H28F2N6O2S. The number of nitrogens with two attached hydrogens (primary N) is 2. The van der Waals surface area contributed by atoms with Crippen LogP contribution in [0, 0.1) is 11.6 Å². The standard InChI is InChI=1S/C23H28F2N6O2S/c1-23(33-3)8-10-31(9-7-17(23)26)22-13(12-28-30(22)2)11-16(32)19-20(27)34-21(29-19)18-14(24)5-4-6-15(18)25/h4-6,12,17H,7-11,26-27H2,1-3H3. The van der Waals surface area contributed by atoms with Gasteiger partial charge in [0.1, 0.15) is 33.2 Å². The maximum atomic E-state index is 14.2. The van der Waals surface area contributed by atoms with E-state index in [4.69, 9.17) is 16.2 Å². The number of hydrogen-bond acceptors (Lipinski definition) is 8. The summed E-state index contributed by atoms with van der Waals surface area (Å²) in [4.78, 5) is 19.5. The van der Waals surface area contributed by atoms with Gasteiger partial charge in [0.15, 0.2) is 5.78 Å². The van der Waals surface area contributed by atoms with Gasteiger partial charge in [0.05, 0.1) is 17.4 Å². The molecule has 4 N–H and O–H groups in total. The summed E-state index contributed by atoms with van der Waals surface area (Å²) >= 11 is 0.884. The average molecular weight is 491 g/mol. The maximum Gasteiger partial charge on any atom is 0.188 e. The molecule has 1 saturated heterocycles. The van der Waals surface area contributed by atoms with Crippen LogP contribution < -0.4 is 16.4 Å². The van der Waals surface area contributed by atoms with Crippen molar-refractivity contribution in [2.75, 3.05) is 30.8 Å². The number of benzene rings is 1. The fourth-order valence-electron chi connectivity index (χ4n) is 4.33. The molecule has 2 aromatic heterocycles. The van der Waals surface area contributed by atoms with E-state index in [1.165, 1.54) is 6.07 Å². The van der Waals surface area contributed by atoms with Crippen LogP contribution >= 0.6 is 11.3 Å². The number of aromatic nitrogens is 3. The molecule has 11 heteroatoms. The van der Waals surface area contributed by atoms with E-state index in [1.54, 1.807) is 18.0 Å². The fraction of sp³-hybridized carbons (Fsp3) is 0.435. The van der Waals surface area contributed by atoms with Gasteiger partial charge in [-0.2, -0.15) is 5.10 Å². The van der Waals surface area contributed by atoms with Crippen molar-refractivity contribution >= 4 is 27.9 Å². The topological polar surface area (TPSA) is 112 Å². The zero-order valence-electron chi connectivity index (χ0n) is 19.3. The molecule has 1 aliphatic heterocycles. The number of carbonyl (C=O) groups is 1. The Hall–Kier alpha value is -2.89. The lowest BCUT2D eigenvalue weighted by Gasteiger charge is -2.32. The van der Waals surface area contributed by atoms with E-state index in [0.29, 0.717) is 18.7 Å². The number of thiazole rings is 1. The minimum absolute atomic E-state index is 0.000397. The molecule has 0 bridgehead atoms. The second-order valence-corrected chi connectivity index (χ2v) is 9.73. The highest BCUT2D eigenvalue weighted by molar-refractivity contribution is 7.19. The highest BCUT2D eigenvalue weighted by Gasteiger charge is 2.36. The number of methoxy groups -OCH3 is 1. The Kier molecular flexibility index (Phi) is 6.70. The summed E-state index contributed by atoms with van der Waals surface area (Å²) in [5, 5.41) is 4.50. The van der Waals surface area contributed by atoms with Crippen molar-refractivity contribution in [2.24, 2.45) is 12.8 Å². The molecule has 0 spiro atoms. The zero-order valence-corrected chi connectivity index (χ0v) is 20.2. The molecule has 182 valence electrons. The summed E-state index contributed by atoms with van der Waals surface area (Å²) < 4.78 is 35.8. The number of anilines is 2. The highest BCUT2D eigenvalue weighted by Crippen LogP contribution is 2.35. The third kappa shape index (κ3) is 4.42. The lowest BCUT2D eigenvalue weighted by molar-refractivity contribution is -0.0177. The van der Waals surface area contributed by atoms with Gasteiger partial charge in [0, 0.05) is 45.3 Å². The van der Waals surface area contributed by atoms with Gasteiger partial charge >= 0.3 is 0 Å². The summed E-state index contributed by atoms with van der Waals surface area (Å²) in [6.07, 6.45) is 3.09. The monoisotopic (exact) mass is 490 g/mol. The number of hydrogen-bond donors (Lipinski definition) is 2. The minimum atomic E-state index is -0.760.